The van der Waals surface area contributed by atoms with Gasteiger partial charge in [-0.1, -0.05) is 25.9 Å². The van der Waals surface area contributed by atoms with Crippen LogP contribution in [0.2, 0.25) is 0 Å². The second-order valence-electron chi connectivity index (χ2n) is 6.95. The molecule has 1 aliphatic heterocycles. The van der Waals surface area contributed by atoms with Gasteiger partial charge in [-0.25, -0.2) is 0 Å². The van der Waals surface area contributed by atoms with Crippen LogP contribution in [0.3, 0.4) is 0 Å². The first-order valence-electron chi connectivity index (χ1n) is 7.27. The van der Waals surface area contributed by atoms with Crippen LogP contribution in [0.15, 0.2) is 4.52 Å². The lowest BCUT2D eigenvalue weighted by atomic mass is 9.87. The summed E-state index contributed by atoms with van der Waals surface area (Å²) in [5.41, 5.74) is 6.10. The van der Waals surface area contributed by atoms with Crippen LogP contribution in [-0.2, 0) is 0 Å². The first-order chi connectivity index (χ1) is 9.29. The van der Waals surface area contributed by atoms with E-state index in [0.717, 1.165) is 31.9 Å². The van der Waals surface area contributed by atoms with Gasteiger partial charge in [-0.2, -0.15) is 4.98 Å². The maximum atomic E-state index is 6.19. The van der Waals surface area contributed by atoms with E-state index in [-0.39, 0.29) is 17.5 Å². The highest BCUT2D eigenvalue weighted by atomic mass is 16.5. The van der Waals surface area contributed by atoms with Gasteiger partial charge in [0.05, 0.1) is 12.1 Å². The molecule has 2 N–H and O–H groups in total. The molecule has 2 rings (SSSR count). The number of rotatable bonds is 2. The van der Waals surface area contributed by atoms with E-state index in [0.29, 0.717) is 5.89 Å². The average molecular weight is 281 g/mol. The molecule has 1 fully saturated rings. The Bertz CT molecular complexity index is 439. The van der Waals surface area contributed by atoms with Gasteiger partial charge in [0.25, 0.3) is 0 Å². The molecule has 0 radical (unpaired) electrons. The Morgan fingerprint density at radius 1 is 1.30 bits per heavy atom. The summed E-state index contributed by atoms with van der Waals surface area (Å²) in [4.78, 5) is 9.16. The standard InChI is InChI=1S/C14H27N5O/c1-14(2,3)11(15)13-16-12(17-20-13)10-9-18(4)7-6-8-19(10)5/h10-11H,6-9,15H2,1-5H3/t10?,11-/m1/s1. The van der Waals surface area contributed by atoms with E-state index in [1.54, 1.807) is 0 Å². The second-order valence-corrected chi connectivity index (χ2v) is 6.95. The van der Waals surface area contributed by atoms with Crippen LogP contribution in [-0.4, -0.2) is 53.7 Å². The molecule has 2 atom stereocenters. The number of aromatic nitrogens is 2. The summed E-state index contributed by atoms with van der Waals surface area (Å²) < 4.78 is 5.40. The molecule has 0 amide bonds. The van der Waals surface area contributed by atoms with Crippen LogP contribution in [0.5, 0.6) is 0 Å². The van der Waals surface area contributed by atoms with Crippen LogP contribution in [0, 0.1) is 5.41 Å². The van der Waals surface area contributed by atoms with Gasteiger partial charge in [0, 0.05) is 6.54 Å². The van der Waals surface area contributed by atoms with Crippen LogP contribution in [0.1, 0.15) is 51.0 Å². The predicted molar refractivity (Wildman–Crippen MR) is 78.2 cm³/mol. The van der Waals surface area contributed by atoms with Crippen LogP contribution < -0.4 is 5.73 Å². The molecule has 6 heteroatoms. The van der Waals surface area contributed by atoms with Gasteiger partial charge in [0.1, 0.15) is 0 Å². The summed E-state index contributed by atoms with van der Waals surface area (Å²) in [6.07, 6.45) is 1.16. The normalized spacial score (nSPS) is 24.6. The molecule has 1 aromatic rings. The van der Waals surface area contributed by atoms with E-state index in [1.807, 2.05) is 0 Å². The molecule has 2 heterocycles. The molecule has 6 nitrogen and oxygen atoms in total. The molecule has 1 unspecified atom stereocenters. The third-order valence-corrected chi connectivity index (χ3v) is 4.02. The molecular weight excluding hydrogens is 254 g/mol. The lowest BCUT2D eigenvalue weighted by molar-refractivity contribution is 0.213. The van der Waals surface area contributed by atoms with Gasteiger partial charge < -0.3 is 15.2 Å². The van der Waals surface area contributed by atoms with Gasteiger partial charge in [-0.15, -0.1) is 0 Å². The minimum absolute atomic E-state index is 0.0874. The third-order valence-electron chi connectivity index (χ3n) is 4.02. The van der Waals surface area contributed by atoms with Crippen molar-refractivity contribution in [2.24, 2.45) is 11.1 Å². The second kappa shape index (κ2) is 5.79. The van der Waals surface area contributed by atoms with E-state index in [4.69, 9.17) is 10.3 Å². The minimum Gasteiger partial charge on any atom is -0.338 e. The van der Waals surface area contributed by atoms with E-state index < -0.39 is 0 Å². The van der Waals surface area contributed by atoms with Gasteiger partial charge in [0.2, 0.25) is 5.89 Å². The number of nitrogens with zero attached hydrogens (tertiary/aromatic N) is 4. The molecule has 0 spiro atoms. The number of hydrogen-bond acceptors (Lipinski definition) is 6. The zero-order valence-electron chi connectivity index (χ0n) is 13.3. The van der Waals surface area contributed by atoms with Crippen molar-refractivity contribution in [3.8, 4) is 0 Å². The Morgan fingerprint density at radius 2 is 2.00 bits per heavy atom. The Labute approximate surface area is 121 Å². The summed E-state index contributed by atoms with van der Waals surface area (Å²) >= 11 is 0. The molecular formula is C14H27N5O. The Balaban J connectivity index is 2.18. The summed E-state index contributed by atoms with van der Waals surface area (Å²) in [5, 5.41) is 4.17. The molecule has 1 aromatic heterocycles. The van der Waals surface area contributed by atoms with Crippen molar-refractivity contribution in [2.75, 3.05) is 33.7 Å². The van der Waals surface area contributed by atoms with Crippen LogP contribution in [0.4, 0.5) is 0 Å². The molecule has 0 saturated carbocycles. The lowest BCUT2D eigenvalue weighted by Crippen LogP contribution is -2.31. The first-order valence-corrected chi connectivity index (χ1v) is 7.27. The van der Waals surface area contributed by atoms with Crippen molar-refractivity contribution in [3.05, 3.63) is 11.7 Å². The fraction of sp³-hybridized carbons (Fsp3) is 0.857. The summed E-state index contributed by atoms with van der Waals surface area (Å²) in [6, 6.07) is -0.0651. The van der Waals surface area contributed by atoms with E-state index >= 15 is 0 Å². The Morgan fingerprint density at radius 3 is 2.65 bits per heavy atom. The monoisotopic (exact) mass is 281 g/mol. The zero-order chi connectivity index (χ0) is 14.9. The van der Waals surface area contributed by atoms with Crippen molar-refractivity contribution >= 4 is 0 Å². The highest BCUT2D eigenvalue weighted by Crippen LogP contribution is 2.30. The van der Waals surface area contributed by atoms with Crippen LogP contribution in [0.25, 0.3) is 0 Å². The molecule has 20 heavy (non-hydrogen) atoms. The van der Waals surface area contributed by atoms with Crippen LogP contribution >= 0.6 is 0 Å². The van der Waals surface area contributed by atoms with Crippen molar-refractivity contribution in [3.63, 3.8) is 0 Å². The smallest absolute Gasteiger partial charge is 0.244 e. The molecule has 0 aromatic carbocycles. The van der Waals surface area contributed by atoms with Gasteiger partial charge in [-0.05, 0) is 39.0 Å². The van der Waals surface area contributed by atoms with E-state index in [9.17, 15) is 0 Å². The maximum absolute atomic E-state index is 6.19. The SMILES string of the molecule is CN1CCCN(C)C(c2noc([C@@H](N)C(C)(C)C)n2)C1. The quantitative estimate of drug-likeness (QED) is 0.884. The summed E-state index contributed by atoms with van der Waals surface area (Å²) in [6.45, 7) is 9.30. The van der Waals surface area contributed by atoms with E-state index in [1.165, 1.54) is 0 Å². The van der Waals surface area contributed by atoms with Crippen molar-refractivity contribution in [1.82, 2.24) is 19.9 Å². The summed E-state index contributed by atoms with van der Waals surface area (Å²) in [5.74, 6) is 1.28. The van der Waals surface area contributed by atoms with Gasteiger partial charge in [-0.3, -0.25) is 4.90 Å². The van der Waals surface area contributed by atoms with Crippen molar-refractivity contribution in [2.45, 2.75) is 39.3 Å². The molecule has 114 valence electrons. The molecule has 0 bridgehead atoms. The minimum atomic E-state index is -0.238. The van der Waals surface area contributed by atoms with Crippen molar-refractivity contribution in [1.29, 1.82) is 0 Å². The topological polar surface area (TPSA) is 71.4 Å². The van der Waals surface area contributed by atoms with Crippen molar-refractivity contribution < 1.29 is 4.52 Å². The fourth-order valence-electron chi connectivity index (χ4n) is 2.43. The summed E-state index contributed by atoms with van der Waals surface area (Å²) in [7, 11) is 4.25. The van der Waals surface area contributed by atoms with Gasteiger partial charge in [0.15, 0.2) is 5.82 Å². The number of nitrogens with two attached hydrogens (primary N) is 1. The third kappa shape index (κ3) is 3.37. The Kier molecular flexibility index (Phi) is 4.46. The molecule has 1 aliphatic rings. The highest BCUT2D eigenvalue weighted by molar-refractivity contribution is 5.01. The number of likely N-dealkylation sites (N-methyl/N-ethyl adjacent to an activating group) is 2. The fourth-order valence-corrected chi connectivity index (χ4v) is 2.43. The molecule has 1 saturated heterocycles. The maximum Gasteiger partial charge on any atom is 0.244 e. The Hall–Kier alpha value is -0.980. The largest absolute Gasteiger partial charge is 0.338 e. The lowest BCUT2D eigenvalue weighted by Gasteiger charge is -2.25. The molecule has 0 aliphatic carbocycles. The number of hydrogen-bond donors (Lipinski definition) is 1. The van der Waals surface area contributed by atoms with Gasteiger partial charge >= 0.3 is 0 Å². The first kappa shape index (κ1) is 15.4. The average Bonchev–Trinajstić information content (AvgIpc) is 2.76. The van der Waals surface area contributed by atoms with E-state index in [2.05, 4.69) is 54.8 Å². The zero-order valence-corrected chi connectivity index (χ0v) is 13.3. The highest BCUT2D eigenvalue weighted by Gasteiger charge is 2.31. The predicted octanol–water partition coefficient (Wildman–Crippen LogP) is 1.42.